The van der Waals surface area contributed by atoms with Crippen molar-refractivity contribution in [1.82, 2.24) is 10.7 Å². The molecule has 0 unspecified atom stereocenters. The maximum absolute atomic E-state index is 11.9. The maximum Gasteiger partial charge on any atom is 0.319 e. The summed E-state index contributed by atoms with van der Waals surface area (Å²) >= 11 is 0. The Hall–Kier alpha value is -3.75. The monoisotopic (exact) mass is 386 g/mol. The number of phenolic OH excluding ortho intramolecular Hbond substituents is 1. The number of nitrogens with one attached hydrogen (secondary N) is 3. The van der Waals surface area contributed by atoms with Crippen LogP contribution in [0.15, 0.2) is 47.6 Å². The number of methoxy groups -OCH3 is 1. The van der Waals surface area contributed by atoms with Crippen LogP contribution in [0.5, 0.6) is 17.2 Å². The molecule has 9 heteroatoms. The average Bonchev–Trinajstić information content (AvgIpc) is 2.69. The molecule has 2 aromatic rings. The molecule has 2 aromatic carbocycles. The first-order chi connectivity index (χ1) is 13.5. The number of amides is 3. The highest BCUT2D eigenvalue weighted by Crippen LogP contribution is 2.25. The number of nitrogens with zero attached hydrogens (tertiary/aromatic N) is 1. The molecule has 0 aromatic heterocycles. The molecule has 0 aliphatic rings. The highest BCUT2D eigenvalue weighted by Gasteiger charge is 2.08. The Morgan fingerprint density at radius 2 is 1.96 bits per heavy atom. The van der Waals surface area contributed by atoms with Gasteiger partial charge in [-0.3, -0.25) is 4.79 Å². The van der Waals surface area contributed by atoms with Gasteiger partial charge < -0.3 is 25.2 Å². The second-order valence-electron chi connectivity index (χ2n) is 5.46. The van der Waals surface area contributed by atoms with Gasteiger partial charge in [-0.25, -0.2) is 10.2 Å². The molecule has 2 rings (SSSR count). The zero-order valence-electron chi connectivity index (χ0n) is 15.6. The summed E-state index contributed by atoms with van der Waals surface area (Å²) in [6.45, 7) is 2.04. The summed E-state index contributed by atoms with van der Waals surface area (Å²) < 4.78 is 10.4. The van der Waals surface area contributed by atoms with Crippen molar-refractivity contribution in [2.75, 3.05) is 25.6 Å². The number of phenols is 1. The Morgan fingerprint density at radius 3 is 2.71 bits per heavy atom. The van der Waals surface area contributed by atoms with Gasteiger partial charge in [-0.15, -0.1) is 0 Å². The van der Waals surface area contributed by atoms with Gasteiger partial charge in [-0.05, 0) is 42.8 Å². The standard InChI is InChI=1S/C19H22N4O5/c1-3-28-16-7-5-4-6-14(16)22-19(26)20-12-18(25)23-21-11-13-8-9-15(24)17(10-13)27-2/h4-11,24H,3,12H2,1-2H3,(H,23,25)(H2,20,22,26)/b21-11+. The van der Waals surface area contributed by atoms with Crippen LogP contribution in [0.2, 0.25) is 0 Å². The molecular formula is C19H22N4O5. The van der Waals surface area contributed by atoms with Crippen molar-refractivity contribution in [2.45, 2.75) is 6.92 Å². The second-order valence-corrected chi connectivity index (χ2v) is 5.46. The van der Waals surface area contributed by atoms with Crippen molar-refractivity contribution in [3.8, 4) is 17.2 Å². The summed E-state index contributed by atoms with van der Waals surface area (Å²) in [6.07, 6.45) is 1.39. The first-order valence-corrected chi connectivity index (χ1v) is 8.49. The first-order valence-electron chi connectivity index (χ1n) is 8.49. The summed E-state index contributed by atoms with van der Waals surface area (Å²) in [5.41, 5.74) is 3.41. The molecule has 4 N–H and O–H groups in total. The molecule has 0 atom stereocenters. The quantitative estimate of drug-likeness (QED) is 0.409. The minimum atomic E-state index is -0.547. The fourth-order valence-electron chi connectivity index (χ4n) is 2.17. The van der Waals surface area contributed by atoms with Gasteiger partial charge in [0.15, 0.2) is 11.5 Å². The molecule has 0 saturated carbocycles. The van der Waals surface area contributed by atoms with Crippen LogP contribution in [0, 0.1) is 0 Å². The molecule has 3 amide bonds. The SMILES string of the molecule is CCOc1ccccc1NC(=O)NCC(=O)N/N=C/c1ccc(O)c(OC)c1. The third kappa shape index (κ3) is 6.20. The van der Waals surface area contributed by atoms with Crippen LogP contribution in [-0.4, -0.2) is 43.5 Å². The van der Waals surface area contributed by atoms with E-state index in [1.54, 1.807) is 36.4 Å². The summed E-state index contributed by atoms with van der Waals surface area (Å²) in [7, 11) is 1.43. The van der Waals surface area contributed by atoms with Crippen LogP contribution < -0.4 is 25.5 Å². The van der Waals surface area contributed by atoms with Crippen LogP contribution >= 0.6 is 0 Å². The summed E-state index contributed by atoms with van der Waals surface area (Å²) in [6, 6.07) is 11.1. The van der Waals surface area contributed by atoms with E-state index in [0.29, 0.717) is 29.4 Å². The number of urea groups is 1. The third-order valence-electron chi connectivity index (χ3n) is 3.45. The van der Waals surface area contributed by atoms with Gasteiger partial charge in [0.1, 0.15) is 12.3 Å². The van der Waals surface area contributed by atoms with Crippen molar-refractivity contribution >= 4 is 23.8 Å². The zero-order chi connectivity index (χ0) is 20.4. The number of carbonyl (C=O) groups is 2. The molecule has 0 aliphatic carbocycles. The lowest BCUT2D eigenvalue weighted by atomic mass is 10.2. The number of benzene rings is 2. The van der Waals surface area contributed by atoms with Crippen molar-refractivity contribution in [1.29, 1.82) is 0 Å². The highest BCUT2D eigenvalue weighted by atomic mass is 16.5. The number of hydrazone groups is 1. The minimum Gasteiger partial charge on any atom is -0.504 e. The lowest BCUT2D eigenvalue weighted by molar-refractivity contribution is -0.120. The molecule has 0 radical (unpaired) electrons. The van der Waals surface area contributed by atoms with E-state index in [0.717, 1.165) is 0 Å². The summed E-state index contributed by atoms with van der Waals surface area (Å²) in [4.78, 5) is 23.7. The van der Waals surface area contributed by atoms with Crippen LogP contribution in [0.3, 0.4) is 0 Å². The molecule has 0 fully saturated rings. The number of ether oxygens (including phenoxy) is 2. The van der Waals surface area contributed by atoms with E-state index in [9.17, 15) is 14.7 Å². The van der Waals surface area contributed by atoms with Crippen molar-refractivity contribution in [3.05, 3.63) is 48.0 Å². The average molecular weight is 386 g/mol. The number of para-hydroxylation sites is 2. The Labute approximate surface area is 162 Å². The zero-order valence-corrected chi connectivity index (χ0v) is 15.6. The van der Waals surface area contributed by atoms with Crippen LogP contribution in [0.25, 0.3) is 0 Å². The topological polar surface area (TPSA) is 121 Å². The van der Waals surface area contributed by atoms with Gasteiger partial charge in [0.25, 0.3) is 5.91 Å². The molecule has 0 heterocycles. The van der Waals surface area contributed by atoms with Crippen molar-refractivity contribution in [2.24, 2.45) is 5.10 Å². The number of hydrogen-bond donors (Lipinski definition) is 4. The molecule has 0 aliphatic heterocycles. The van der Waals surface area contributed by atoms with E-state index in [-0.39, 0.29) is 12.3 Å². The van der Waals surface area contributed by atoms with Crippen molar-refractivity contribution < 1.29 is 24.2 Å². The molecule has 148 valence electrons. The minimum absolute atomic E-state index is 0.00445. The molecule has 0 saturated heterocycles. The Kier molecular flexibility index (Phi) is 7.64. The second kappa shape index (κ2) is 10.4. The Bertz CT molecular complexity index is 854. The van der Waals surface area contributed by atoms with Gasteiger partial charge in [0.2, 0.25) is 0 Å². The predicted octanol–water partition coefficient (Wildman–Crippen LogP) is 2.07. The molecule has 28 heavy (non-hydrogen) atoms. The number of rotatable bonds is 8. The van der Waals surface area contributed by atoms with E-state index in [1.165, 1.54) is 19.4 Å². The highest BCUT2D eigenvalue weighted by molar-refractivity contribution is 5.93. The van der Waals surface area contributed by atoms with E-state index in [2.05, 4.69) is 21.2 Å². The first kappa shape index (κ1) is 20.6. The van der Waals surface area contributed by atoms with E-state index >= 15 is 0 Å². The maximum atomic E-state index is 11.9. The summed E-state index contributed by atoms with van der Waals surface area (Å²) in [5.74, 6) is 0.333. The van der Waals surface area contributed by atoms with Crippen molar-refractivity contribution in [3.63, 3.8) is 0 Å². The van der Waals surface area contributed by atoms with Crippen LogP contribution in [0.1, 0.15) is 12.5 Å². The lowest BCUT2D eigenvalue weighted by Gasteiger charge is -2.11. The lowest BCUT2D eigenvalue weighted by Crippen LogP contribution is -2.37. The number of aromatic hydroxyl groups is 1. The van der Waals surface area contributed by atoms with Gasteiger partial charge in [0.05, 0.1) is 25.6 Å². The number of carbonyl (C=O) groups excluding carboxylic acids is 2. The molecule has 9 nitrogen and oxygen atoms in total. The third-order valence-corrected chi connectivity index (χ3v) is 3.45. The van der Waals surface area contributed by atoms with E-state index < -0.39 is 11.9 Å². The Morgan fingerprint density at radius 1 is 1.18 bits per heavy atom. The largest absolute Gasteiger partial charge is 0.504 e. The normalized spacial score (nSPS) is 10.4. The Balaban J connectivity index is 1.80. The molecular weight excluding hydrogens is 364 g/mol. The molecule has 0 bridgehead atoms. The van der Waals surface area contributed by atoms with E-state index in [1.807, 2.05) is 6.92 Å². The number of hydrogen-bond acceptors (Lipinski definition) is 6. The fourth-order valence-corrected chi connectivity index (χ4v) is 2.17. The van der Waals surface area contributed by atoms with Gasteiger partial charge >= 0.3 is 6.03 Å². The van der Waals surface area contributed by atoms with Gasteiger partial charge in [0, 0.05) is 0 Å². The smallest absolute Gasteiger partial charge is 0.319 e. The van der Waals surface area contributed by atoms with Crippen LogP contribution in [-0.2, 0) is 4.79 Å². The molecule has 0 spiro atoms. The summed E-state index contributed by atoms with van der Waals surface area (Å²) in [5, 5.41) is 18.4. The van der Waals surface area contributed by atoms with E-state index in [4.69, 9.17) is 9.47 Å². The van der Waals surface area contributed by atoms with Gasteiger partial charge in [-0.1, -0.05) is 12.1 Å². The predicted molar refractivity (Wildman–Crippen MR) is 105 cm³/mol. The number of anilines is 1. The van der Waals surface area contributed by atoms with Crippen LogP contribution in [0.4, 0.5) is 10.5 Å². The fraction of sp³-hybridized carbons (Fsp3) is 0.211. The van der Waals surface area contributed by atoms with Gasteiger partial charge in [-0.2, -0.15) is 5.10 Å².